The van der Waals surface area contributed by atoms with Crippen LogP contribution in [0, 0.1) is 0 Å². The zero-order valence-electron chi connectivity index (χ0n) is 9.74. The van der Waals surface area contributed by atoms with E-state index in [4.69, 9.17) is 0 Å². The van der Waals surface area contributed by atoms with Crippen molar-refractivity contribution in [3.8, 4) is 0 Å². The summed E-state index contributed by atoms with van der Waals surface area (Å²) in [6, 6.07) is 14.7. The van der Waals surface area contributed by atoms with Gasteiger partial charge in [-0.15, -0.1) is 5.06 Å². The molecule has 2 amide bonds. The van der Waals surface area contributed by atoms with Crippen molar-refractivity contribution in [1.29, 1.82) is 0 Å². The molecule has 1 heterocycles. The minimum Gasteiger partial charge on any atom is -0.278 e. The first-order valence-electron chi connectivity index (χ1n) is 5.61. The molecule has 19 heavy (non-hydrogen) atoms. The minimum absolute atomic E-state index is 0.154. The molecule has 0 aromatic heterocycles. The van der Waals surface area contributed by atoms with Gasteiger partial charge in [0.15, 0.2) is 0 Å². The van der Waals surface area contributed by atoms with Crippen LogP contribution in [-0.4, -0.2) is 22.1 Å². The van der Waals surface area contributed by atoms with Crippen molar-refractivity contribution in [2.24, 2.45) is 0 Å². The number of hydrogen-bond acceptors (Lipinski definition) is 4. The molecule has 4 nitrogen and oxygen atoms in total. The summed E-state index contributed by atoms with van der Waals surface area (Å²) in [5.41, 5.74) is 0.485. The third-order valence-electron chi connectivity index (χ3n) is 2.82. The first-order valence-corrected chi connectivity index (χ1v) is 6.43. The van der Waals surface area contributed by atoms with Crippen LogP contribution in [0.3, 0.4) is 0 Å². The summed E-state index contributed by atoms with van der Waals surface area (Å²) in [6.45, 7) is 0. The Balaban J connectivity index is 1.95. The van der Waals surface area contributed by atoms with Gasteiger partial charge in [0, 0.05) is 9.79 Å². The molecule has 1 aliphatic rings. The highest BCUT2D eigenvalue weighted by atomic mass is 32.2. The van der Waals surface area contributed by atoms with Crippen LogP contribution >= 0.6 is 11.8 Å². The van der Waals surface area contributed by atoms with Crippen molar-refractivity contribution in [1.82, 2.24) is 5.06 Å². The van der Waals surface area contributed by atoms with Gasteiger partial charge < -0.3 is 0 Å². The van der Waals surface area contributed by atoms with Crippen molar-refractivity contribution >= 4 is 23.6 Å². The first kappa shape index (κ1) is 12.0. The number of rotatable bonds is 2. The Bertz CT molecular complexity index is 670. The summed E-state index contributed by atoms with van der Waals surface area (Å²) in [4.78, 5) is 25.1. The topological polar surface area (TPSA) is 57.6 Å². The first-order chi connectivity index (χ1) is 9.16. The van der Waals surface area contributed by atoms with Gasteiger partial charge in [0.2, 0.25) is 0 Å². The normalized spacial score (nSPS) is 13.8. The third kappa shape index (κ3) is 2.03. The van der Waals surface area contributed by atoms with Gasteiger partial charge in [0.25, 0.3) is 11.8 Å². The Kier molecular flexibility index (Phi) is 2.85. The average Bonchev–Trinajstić information content (AvgIpc) is 2.65. The molecule has 5 heteroatoms. The van der Waals surface area contributed by atoms with E-state index in [1.807, 2.05) is 30.3 Å². The number of hydrogen-bond donors (Lipinski definition) is 1. The van der Waals surface area contributed by atoms with E-state index >= 15 is 0 Å². The van der Waals surface area contributed by atoms with E-state index in [2.05, 4.69) is 0 Å². The Morgan fingerprint density at radius 3 is 2.26 bits per heavy atom. The molecule has 2 aromatic rings. The van der Waals surface area contributed by atoms with E-state index in [0.717, 1.165) is 9.79 Å². The molecule has 0 saturated carbocycles. The molecule has 0 spiro atoms. The molecule has 1 aliphatic heterocycles. The quantitative estimate of drug-likeness (QED) is 0.674. The number of carbonyl (C=O) groups excluding carboxylic acids is 2. The van der Waals surface area contributed by atoms with Crippen LogP contribution in [0.15, 0.2) is 58.3 Å². The van der Waals surface area contributed by atoms with Gasteiger partial charge in [-0.1, -0.05) is 30.0 Å². The molecule has 3 rings (SSSR count). The Hall–Kier alpha value is -2.11. The summed E-state index contributed by atoms with van der Waals surface area (Å²) in [6.07, 6.45) is 0. The molecule has 94 valence electrons. The fourth-order valence-electron chi connectivity index (χ4n) is 1.90. The fraction of sp³-hybridized carbons (Fsp3) is 0. The van der Waals surface area contributed by atoms with Gasteiger partial charge in [-0.3, -0.25) is 14.8 Å². The molecule has 0 radical (unpaired) electrons. The Labute approximate surface area is 113 Å². The standard InChI is InChI=1S/C14H9NO3S/c16-13-11-7-6-10(8-12(11)14(17)15(13)18)19-9-4-2-1-3-5-9/h1-8,18H. The van der Waals surface area contributed by atoms with Gasteiger partial charge in [-0.25, -0.2) is 0 Å². The number of imide groups is 1. The second-order valence-electron chi connectivity index (χ2n) is 4.04. The summed E-state index contributed by atoms with van der Waals surface area (Å²) < 4.78 is 0. The summed E-state index contributed by atoms with van der Waals surface area (Å²) in [5, 5.41) is 9.45. The van der Waals surface area contributed by atoms with E-state index in [1.54, 1.807) is 18.2 Å². The van der Waals surface area contributed by atoms with Crippen molar-refractivity contribution < 1.29 is 14.8 Å². The number of hydroxylamine groups is 2. The SMILES string of the molecule is O=C1c2ccc(Sc3ccccc3)cc2C(=O)N1O. The second kappa shape index (κ2) is 4.53. The van der Waals surface area contributed by atoms with E-state index in [-0.39, 0.29) is 16.2 Å². The molecule has 2 aromatic carbocycles. The van der Waals surface area contributed by atoms with Crippen molar-refractivity contribution in [3.63, 3.8) is 0 Å². The maximum absolute atomic E-state index is 11.7. The lowest BCUT2D eigenvalue weighted by Gasteiger charge is -2.02. The zero-order valence-corrected chi connectivity index (χ0v) is 10.6. The Morgan fingerprint density at radius 2 is 1.53 bits per heavy atom. The third-order valence-corrected chi connectivity index (χ3v) is 3.81. The molecular formula is C14H9NO3S. The van der Waals surface area contributed by atoms with Gasteiger partial charge in [-0.05, 0) is 30.3 Å². The molecule has 0 atom stereocenters. The monoisotopic (exact) mass is 271 g/mol. The van der Waals surface area contributed by atoms with Gasteiger partial charge >= 0.3 is 0 Å². The second-order valence-corrected chi connectivity index (χ2v) is 5.19. The molecule has 1 N–H and O–H groups in total. The van der Waals surface area contributed by atoms with Crippen LogP contribution in [0.5, 0.6) is 0 Å². The molecule has 0 bridgehead atoms. The smallest absolute Gasteiger partial charge is 0.278 e. The largest absolute Gasteiger partial charge is 0.285 e. The van der Waals surface area contributed by atoms with Crippen LogP contribution in [0.2, 0.25) is 0 Å². The van der Waals surface area contributed by atoms with Crippen molar-refractivity contribution in [3.05, 3.63) is 59.7 Å². The lowest BCUT2D eigenvalue weighted by Crippen LogP contribution is -2.25. The fourth-order valence-corrected chi connectivity index (χ4v) is 2.77. The lowest BCUT2D eigenvalue weighted by atomic mass is 10.1. The number of fused-ring (bicyclic) bond motifs is 1. The van der Waals surface area contributed by atoms with Crippen LogP contribution < -0.4 is 0 Å². The summed E-state index contributed by atoms with van der Waals surface area (Å²) in [7, 11) is 0. The van der Waals surface area contributed by atoms with E-state index in [1.165, 1.54) is 11.8 Å². The summed E-state index contributed by atoms with van der Waals surface area (Å²) in [5.74, 6) is -1.34. The minimum atomic E-state index is -0.671. The van der Waals surface area contributed by atoms with Gasteiger partial charge in [0.05, 0.1) is 11.1 Å². The number of carbonyl (C=O) groups is 2. The molecule has 0 fully saturated rings. The molecular weight excluding hydrogens is 262 g/mol. The molecule has 0 aliphatic carbocycles. The molecule has 0 unspecified atom stereocenters. The van der Waals surface area contributed by atoms with Crippen LogP contribution in [0.25, 0.3) is 0 Å². The predicted molar refractivity (Wildman–Crippen MR) is 69.3 cm³/mol. The highest BCUT2D eigenvalue weighted by Gasteiger charge is 2.34. The van der Waals surface area contributed by atoms with Gasteiger partial charge in [0.1, 0.15) is 0 Å². The Morgan fingerprint density at radius 1 is 0.842 bits per heavy atom. The number of benzene rings is 2. The van der Waals surface area contributed by atoms with Gasteiger partial charge in [-0.2, -0.15) is 0 Å². The maximum atomic E-state index is 11.7. The van der Waals surface area contributed by atoms with Crippen LogP contribution in [0.1, 0.15) is 20.7 Å². The van der Waals surface area contributed by atoms with E-state index in [0.29, 0.717) is 0 Å². The number of nitrogens with zero attached hydrogens (tertiary/aromatic N) is 1. The van der Waals surface area contributed by atoms with Crippen molar-refractivity contribution in [2.45, 2.75) is 9.79 Å². The van der Waals surface area contributed by atoms with Crippen LogP contribution in [0.4, 0.5) is 0 Å². The zero-order chi connectivity index (χ0) is 13.4. The van der Waals surface area contributed by atoms with E-state index < -0.39 is 11.8 Å². The molecule has 0 saturated heterocycles. The van der Waals surface area contributed by atoms with Crippen molar-refractivity contribution in [2.75, 3.05) is 0 Å². The van der Waals surface area contributed by atoms with E-state index in [9.17, 15) is 14.8 Å². The highest BCUT2D eigenvalue weighted by Crippen LogP contribution is 2.31. The highest BCUT2D eigenvalue weighted by molar-refractivity contribution is 7.99. The van der Waals surface area contributed by atoms with Crippen LogP contribution in [-0.2, 0) is 0 Å². The lowest BCUT2D eigenvalue weighted by molar-refractivity contribution is -0.0327. The summed E-state index contributed by atoms with van der Waals surface area (Å²) >= 11 is 1.49. The average molecular weight is 271 g/mol. The maximum Gasteiger partial charge on any atom is 0.285 e. The predicted octanol–water partition coefficient (Wildman–Crippen LogP) is 2.82. The number of amides is 2.